The van der Waals surface area contributed by atoms with Crippen molar-refractivity contribution in [3.63, 3.8) is 0 Å². The van der Waals surface area contributed by atoms with Crippen LogP contribution in [-0.2, 0) is 14.4 Å². The molecule has 0 saturated carbocycles. The molecular formula is C14H17NO3. The van der Waals surface area contributed by atoms with E-state index in [1.54, 1.807) is 6.08 Å². The number of piperidine rings is 1. The van der Waals surface area contributed by atoms with Gasteiger partial charge < -0.3 is 4.74 Å². The molecule has 0 radical (unpaired) electrons. The van der Waals surface area contributed by atoms with E-state index in [0.717, 1.165) is 31.4 Å². The summed E-state index contributed by atoms with van der Waals surface area (Å²) >= 11 is 0. The highest BCUT2D eigenvalue weighted by atomic mass is 16.7. The summed E-state index contributed by atoms with van der Waals surface area (Å²) in [6.07, 6.45) is 10.2. The number of rotatable bonds is 0. The van der Waals surface area contributed by atoms with Crippen molar-refractivity contribution in [3.05, 3.63) is 23.8 Å². The summed E-state index contributed by atoms with van der Waals surface area (Å²) in [7, 11) is 0. The van der Waals surface area contributed by atoms with Gasteiger partial charge in [-0.05, 0) is 18.4 Å². The van der Waals surface area contributed by atoms with Crippen LogP contribution in [0.1, 0.15) is 25.7 Å². The SMILES string of the molecule is O=C1C=C2C3C=CCC2(O1)C1CCCCN1OC3. The standard InChI is InChI=1S/C14H17NO3/c16-13-8-11-10-4-3-6-14(11,18-13)12-5-1-2-7-15(12)17-9-10/h3-4,8,10,12H,1-2,5-7,9H2. The van der Waals surface area contributed by atoms with Crippen LogP contribution in [0.5, 0.6) is 0 Å². The maximum atomic E-state index is 11.7. The number of hydroxylamine groups is 2. The minimum absolute atomic E-state index is 0.175. The molecule has 4 heteroatoms. The van der Waals surface area contributed by atoms with E-state index < -0.39 is 5.60 Å². The van der Waals surface area contributed by atoms with Crippen molar-refractivity contribution in [2.24, 2.45) is 5.92 Å². The average molecular weight is 247 g/mol. The van der Waals surface area contributed by atoms with Crippen LogP contribution in [0.3, 0.4) is 0 Å². The zero-order valence-electron chi connectivity index (χ0n) is 10.3. The molecule has 18 heavy (non-hydrogen) atoms. The third-order valence-electron chi connectivity index (χ3n) is 4.65. The van der Waals surface area contributed by atoms with Gasteiger partial charge in [0.2, 0.25) is 0 Å². The Morgan fingerprint density at radius 3 is 3.28 bits per heavy atom. The lowest BCUT2D eigenvalue weighted by molar-refractivity contribution is -0.223. The number of nitrogens with zero attached hydrogens (tertiary/aromatic N) is 1. The van der Waals surface area contributed by atoms with Crippen LogP contribution in [-0.4, -0.2) is 35.8 Å². The summed E-state index contributed by atoms with van der Waals surface area (Å²) in [5.41, 5.74) is 0.706. The molecule has 3 heterocycles. The molecule has 96 valence electrons. The molecule has 3 unspecified atom stereocenters. The van der Waals surface area contributed by atoms with Gasteiger partial charge in [-0.2, -0.15) is 5.06 Å². The Kier molecular flexibility index (Phi) is 2.20. The molecule has 0 N–H and O–H groups in total. The van der Waals surface area contributed by atoms with E-state index in [0.29, 0.717) is 6.61 Å². The van der Waals surface area contributed by atoms with Gasteiger partial charge in [0.15, 0.2) is 5.60 Å². The van der Waals surface area contributed by atoms with E-state index in [-0.39, 0.29) is 17.9 Å². The molecule has 2 fully saturated rings. The number of carbonyl (C=O) groups is 1. The van der Waals surface area contributed by atoms with Gasteiger partial charge in [0.1, 0.15) is 0 Å². The molecule has 0 amide bonds. The quantitative estimate of drug-likeness (QED) is 0.481. The van der Waals surface area contributed by atoms with Crippen molar-refractivity contribution >= 4 is 5.97 Å². The zero-order chi connectivity index (χ0) is 12.2. The third-order valence-corrected chi connectivity index (χ3v) is 4.65. The molecule has 0 aromatic rings. The van der Waals surface area contributed by atoms with Crippen LogP contribution in [0.25, 0.3) is 0 Å². The fraction of sp³-hybridized carbons (Fsp3) is 0.643. The van der Waals surface area contributed by atoms with Crippen molar-refractivity contribution in [1.29, 1.82) is 0 Å². The van der Waals surface area contributed by atoms with Crippen LogP contribution in [0.2, 0.25) is 0 Å². The van der Waals surface area contributed by atoms with E-state index in [9.17, 15) is 4.79 Å². The van der Waals surface area contributed by atoms with Gasteiger partial charge in [0, 0.05) is 25.0 Å². The first-order valence-electron chi connectivity index (χ1n) is 6.81. The van der Waals surface area contributed by atoms with Gasteiger partial charge >= 0.3 is 5.97 Å². The second-order valence-corrected chi connectivity index (χ2v) is 5.60. The summed E-state index contributed by atoms with van der Waals surface area (Å²) < 4.78 is 5.77. The fourth-order valence-corrected chi connectivity index (χ4v) is 3.85. The van der Waals surface area contributed by atoms with Crippen molar-refractivity contribution in [2.45, 2.75) is 37.3 Å². The highest BCUT2D eigenvalue weighted by molar-refractivity contribution is 5.87. The second kappa shape index (κ2) is 3.68. The predicted octanol–water partition coefficient (Wildman–Crippen LogP) is 1.58. The molecule has 4 aliphatic rings. The van der Waals surface area contributed by atoms with Crippen molar-refractivity contribution in [1.82, 2.24) is 5.06 Å². The third kappa shape index (κ3) is 1.30. The fourth-order valence-electron chi connectivity index (χ4n) is 3.85. The molecule has 4 nitrogen and oxygen atoms in total. The minimum Gasteiger partial charge on any atom is -0.449 e. The Labute approximate surface area is 106 Å². The molecular weight excluding hydrogens is 230 g/mol. The summed E-state index contributed by atoms with van der Waals surface area (Å²) in [4.78, 5) is 17.7. The number of hydrogen-bond acceptors (Lipinski definition) is 4. The Morgan fingerprint density at radius 2 is 2.33 bits per heavy atom. The highest BCUT2D eigenvalue weighted by Gasteiger charge is 2.56. The van der Waals surface area contributed by atoms with E-state index in [1.165, 1.54) is 6.42 Å². The average Bonchev–Trinajstić information content (AvgIpc) is 2.72. The zero-order valence-corrected chi connectivity index (χ0v) is 10.3. The molecule has 0 spiro atoms. The first-order chi connectivity index (χ1) is 8.79. The Morgan fingerprint density at radius 1 is 1.39 bits per heavy atom. The van der Waals surface area contributed by atoms with Gasteiger partial charge in [-0.1, -0.05) is 18.6 Å². The molecule has 0 aromatic heterocycles. The lowest BCUT2D eigenvalue weighted by Crippen LogP contribution is -2.55. The number of fused-ring (bicyclic) bond motifs is 1. The van der Waals surface area contributed by atoms with Crippen LogP contribution >= 0.6 is 0 Å². The van der Waals surface area contributed by atoms with Crippen LogP contribution in [0.15, 0.2) is 23.8 Å². The monoisotopic (exact) mass is 247 g/mol. The molecule has 3 atom stereocenters. The minimum atomic E-state index is -0.437. The number of ether oxygens (including phenoxy) is 1. The summed E-state index contributed by atoms with van der Waals surface area (Å²) in [6, 6.07) is 0.193. The smallest absolute Gasteiger partial charge is 0.331 e. The molecule has 2 saturated heterocycles. The van der Waals surface area contributed by atoms with Gasteiger partial charge in [0.05, 0.1) is 12.6 Å². The van der Waals surface area contributed by atoms with E-state index in [1.807, 2.05) is 0 Å². The van der Waals surface area contributed by atoms with Crippen LogP contribution in [0, 0.1) is 5.92 Å². The maximum Gasteiger partial charge on any atom is 0.331 e. The van der Waals surface area contributed by atoms with Crippen molar-refractivity contribution < 1.29 is 14.4 Å². The summed E-state index contributed by atoms with van der Waals surface area (Å²) in [6.45, 7) is 1.58. The Balaban J connectivity index is 1.83. The second-order valence-electron chi connectivity index (χ2n) is 5.60. The number of hydrogen-bond donors (Lipinski definition) is 0. The molecule has 1 aliphatic carbocycles. The summed E-state index contributed by atoms with van der Waals surface area (Å²) in [5.74, 6) is 0.0296. The van der Waals surface area contributed by atoms with E-state index >= 15 is 0 Å². The van der Waals surface area contributed by atoms with Gasteiger partial charge in [-0.3, -0.25) is 4.84 Å². The first kappa shape index (κ1) is 10.8. The van der Waals surface area contributed by atoms with E-state index in [2.05, 4.69) is 17.2 Å². The lowest BCUT2D eigenvalue weighted by atomic mass is 9.72. The Bertz CT molecular complexity index is 456. The largest absolute Gasteiger partial charge is 0.449 e. The van der Waals surface area contributed by atoms with Crippen molar-refractivity contribution in [3.8, 4) is 0 Å². The molecule has 2 bridgehead atoms. The Hall–Kier alpha value is -1.13. The number of esters is 1. The first-order valence-corrected chi connectivity index (χ1v) is 6.81. The lowest BCUT2D eigenvalue weighted by Gasteiger charge is -2.44. The predicted molar refractivity (Wildman–Crippen MR) is 64.5 cm³/mol. The normalized spacial score (nSPS) is 42.7. The van der Waals surface area contributed by atoms with Crippen LogP contribution in [0.4, 0.5) is 0 Å². The van der Waals surface area contributed by atoms with Crippen molar-refractivity contribution in [2.75, 3.05) is 13.2 Å². The highest BCUT2D eigenvalue weighted by Crippen LogP contribution is 2.48. The molecule has 4 rings (SSSR count). The van der Waals surface area contributed by atoms with E-state index in [4.69, 9.17) is 9.57 Å². The van der Waals surface area contributed by atoms with Gasteiger partial charge in [0.25, 0.3) is 0 Å². The topological polar surface area (TPSA) is 38.8 Å². The summed E-state index contributed by atoms with van der Waals surface area (Å²) in [5, 5.41) is 2.07. The number of carbonyl (C=O) groups excluding carboxylic acids is 1. The molecule has 0 aromatic carbocycles. The maximum absolute atomic E-state index is 11.7. The van der Waals surface area contributed by atoms with Crippen LogP contribution < -0.4 is 0 Å². The van der Waals surface area contributed by atoms with Gasteiger partial charge in [-0.25, -0.2) is 4.79 Å². The van der Waals surface area contributed by atoms with Gasteiger partial charge in [-0.15, -0.1) is 0 Å². The molecule has 3 aliphatic heterocycles.